The van der Waals surface area contributed by atoms with Gasteiger partial charge in [-0.3, -0.25) is 9.36 Å². The third-order valence-electron chi connectivity index (χ3n) is 5.36. The zero-order chi connectivity index (χ0) is 24.5. The number of para-hydroxylation sites is 1. The van der Waals surface area contributed by atoms with Crippen molar-refractivity contribution in [2.45, 2.75) is 12.1 Å². The molecule has 0 aliphatic heterocycles. The Labute approximate surface area is 202 Å². The van der Waals surface area contributed by atoms with Crippen LogP contribution in [0.5, 0.6) is 0 Å². The Balaban J connectivity index is 1.47. The second-order valence-electron chi connectivity index (χ2n) is 7.79. The van der Waals surface area contributed by atoms with Crippen molar-refractivity contribution in [1.29, 1.82) is 0 Å². The largest absolute Gasteiger partial charge is 0.360 e. The quantitative estimate of drug-likeness (QED) is 0.229. The van der Waals surface area contributed by atoms with Crippen LogP contribution in [0.3, 0.4) is 0 Å². The summed E-state index contributed by atoms with van der Waals surface area (Å²) in [5, 5.41) is 12.4. The van der Waals surface area contributed by atoms with Crippen LogP contribution in [0.1, 0.15) is 5.56 Å². The minimum Gasteiger partial charge on any atom is -0.360 e. The van der Waals surface area contributed by atoms with Crippen LogP contribution in [0.4, 0.5) is 18.9 Å². The average molecular weight is 494 g/mol. The van der Waals surface area contributed by atoms with Crippen molar-refractivity contribution in [3.05, 3.63) is 89.9 Å². The van der Waals surface area contributed by atoms with Crippen molar-refractivity contribution < 1.29 is 18.0 Å². The summed E-state index contributed by atoms with van der Waals surface area (Å²) in [6, 6.07) is 17.3. The molecular formula is C25H18F3N5OS. The zero-order valence-corrected chi connectivity index (χ0v) is 19.2. The van der Waals surface area contributed by atoms with E-state index in [4.69, 9.17) is 0 Å². The Morgan fingerprint density at radius 2 is 1.86 bits per heavy atom. The van der Waals surface area contributed by atoms with Gasteiger partial charge in [-0.15, -0.1) is 10.2 Å². The van der Waals surface area contributed by atoms with Gasteiger partial charge in [-0.1, -0.05) is 42.1 Å². The summed E-state index contributed by atoms with van der Waals surface area (Å²) >= 11 is 1.09. The number of H-pyrrole nitrogens is 1. The number of carbonyl (C=O) groups excluding carboxylic acids is 1. The van der Waals surface area contributed by atoms with Gasteiger partial charge in [-0.25, -0.2) is 13.2 Å². The van der Waals surface area contributed by atoms with E-state index in [1.807, 2.05) is 66.2 Å². The summed E-state index contributed by atoms with van der Waals surface area (Å²) in [7, 11) is 0. The number of amides is 1. The molecule has 2 heterocycles. The number of thioether (sulfide) groups is 1. The number of nitrogens with one attached hydrogen (secondary N) is 2. The first-order valence-electron chi connectivity index (χ1n) is 10.6. The summed E-state index contributed by atoms with van der Waals surface area (Å²) in [5.41, 5.74) is 3.20. The standard InChI is InChI=1S/C25H18F3N5OS/c1-14-5-4-6-15(11-14)33-24(17-12-29-19-8-3-2-7-16(17)19)31-32-25(33)35-13-21(34)30-20-10-9-18(26)22(27)23(20)28/h2-12,29H,13H2,1H3,(H,30,34). The highest BCUT2D eigenvalue weighted by molar-refractivity contribution is 7.99. The van der Waals surface area contributed by atoms with Crippen molar-refractivity contribution in [3.63, 3.8) is 0 Å². The summed E-state index contributed by atoms with van der Waals surface area (Å²) in [4.78, 5) is 15.7. The van der Waals surface area contributed by atoms with E-state index in [-0.39, 0.29) is 5.75 Å². The molecule has 0 aliphatic rings. The maximum absolute atomic E-state index is 13.9. The van der Waals surface area contributed by atoms with E-state index >= 15 is 0 Å². The van der Waals surface area contributed by atoms with Crippen LogP contribution in [0.25, 0.3) is 28.0 Å². The predicted octanol–water partition coefficient (Wildman–Crippen LogP) is 5.87. The normalized spacial score (nSPS) is 11.2. The van der Waals surface area contributed by atoms with Gasteiger partial charge < -0.3 is 10.3 Å². The minimum absolute atomic E-state index is 0.156. The molecule has 3 aromatic carbocycles. The molecule has 5 rings (SSSR count). The summed E-state index contributed by atoms with van der Waals surface area (Å²) in [6.07, 6.45) is 1.86. The molecule has 0 fully saturated rings. The Morgan fingerprint density at radius 1 is 1.03 bits per heavy atom. The third kappa shape index (κ3) is 4.40. The molecule has 0 saturated heterocycles. The lowest BCUT2D eigenvalue weighted by Crippen LogP contribution is -2.16. The number of carbonyl (C=O) groups is 1. The van der Waals surface area contributed by atoms with Crippen LogP contribution in [-0.2, 0) is 4.79 Å². The second-order valence-corrected chi connectivity index (χ2v) is 8.73. The van der Waals surface area contributed by atoms with Crippen molar-refractivity contribution in [2.24, 2.45) is 0 Å². The van der Waals surface area contributed by atoms with E-state index in [1.165, 1.54) is 0 Å². The van der Waals surface area contributed by atoms with Gasteiger partial charge in [0, 0.05) is 28.4 Å². The van der Waals surface area contributed by atoms with Gasteiger partial charge in [0.15, 0.2) is 28.4 Å². The minimum atomic E-state index is -1.64. The fraction of sp³-hybridized carbons (Fsp3) is 0.0800. The van der Waals surface area contributed by atoms with Gasteiger partial charge in [0.25, 0.3) is 0 Å². The number of nitrogens with zero attached hydrogens (tertiary/aromatic N) is 3. The molecule has 0 radical (unpaired) electrons. The Morgan fingerprint density at radius 3 is 2.69 bits per heavy atom. The van der Waals surface area contributed by atoms with E-state index in [0.29, 0.717) is 11.0 Å². The molecule has 35 heavy (non-hydrogen) atoms. The van der Waals surface area contributed by atoms with Crippen LogP contribution in [0.15, 0.2) is 72.0 Å². The van der Waals surface area contributed by atoms with Crippen LogP contribution >= 0.6 is 11.8 Å². The average Bonchev–Trinajstić information content (AvgIpc) is 3.47. The van der Waals surface area contributed by atoms with Crippen molar-refractivity contribution in [3.8, 4) is 17.1 Å². The second kappa shape index (κ2) is 9.30. The van der Waals surface area contributed by atoms with Gasteiger partial charge in [-0.2, -0.15) is 0 Å². The van der Waals surface area contributed by atoms with Gasteiger partial charge in [-0.05, 0) is 42.8 Å². The molecule has 0 atom stereocenters. The summed E-state index contributed by atoms with van der Waals surface area (Å²) in [5.74, 6) is -4.59. The Kier molecular flexibility index (Phi) is 6.04. The lowest BCUT2D eigenvalue weighted by atomic mass is 10.1. The molecule has 0 bridgehead atoms. The molecule has 10 heteroatoms. The number of anilines is 1. The zero-order valence-electron chi connectivity index (χ0n) is 18.3. The summed E-state index contributed by atoms with van der Waals surface area (Å²) < 4.78 is 42.4. The molecule has 1 amide bonds. The number of hydrogen-bond acceptors (Lipinski definition) is 4. The van der Waals surface area contributed by atoms with Gasteiger partial charge in [0.1, 0.15) is 0 Å². The molecule has 5 aromatic rings. The fourth-order valence-electron chi connectivity index (χ4n) is 3.73. The molecule has 6 nitrogen and oxygen atoms in total. The number of hydrogen-bond donors (Lipinski definition) is 2. The number of fused-ring (bicyclic) bond motifs is 1. The molecule has 0 unspecified atom stereocenters. The highest BCUT2D eigenvalue weighted by Crippen LogP contribution is 2.32. The summed E-state index contributed by atoms with van der Waals surface area (Å²) in [6.45, 7) is 1.97. The Bertz CT molecular complexity index is 1560. The van der Waals surface area contributed by atoms with Crippen LogP contribution < -0.4 is 5.32 Å². The van der Waals surface area contributed by atoms with Crippen molar-refractivity contribution >= 4 is 34.3 Å². The van der Waals surface area contributed by atoms with Crippen molar-refractivity contribution in [2.75, 3.05) is 11.1 Å². The first-order chi connectivity index (χ1) is 16.9. The number of halogens is 3. The van der Waals surface area contributed by atoms with Gasteiger partial charge >= 0.3 is 0 Å². The molecule has 2 N–H and O–H groups in total. The number of benzene rings is 3. The smallest absolute Gasteiger partial charge is 0.234 e. The Hall–Kier alpha value is -4.05. The highest BCUT2D eigenvalue weighted by atomic mass is 32.2. The van der Waals surface area contributed by atoms with Crippen molar-refractivity contribution in [1.82, 2.24) is 19.7 Å². The lowest BCUT2D eigenvalue weighted by Gasteiger charge is -2.11. The van der Waals surface area contributed by atoms with Crippen LogP contribution in [0.2, 0.25) is 0 Å². The SMILES string of the molecule is Cc1cccc(-n2c(SCC(=O)Nc3ccc(F)c(F)c3F)nnc2-c2c[nH]c3ccccc23)c1. The third-order valence-corrected chi connectivity index (χ3v) is 6.29. The topological polar surface area (TPSA) is 75.6 Å². The van der Waals surface area contributed by atoms with Gasteiger partial charge in [0.05, 0.1) is 11.4 Å². The number of aromatic nitrogens is 4. The highest BCUT2D eigenvalue weighted by Gasteiger charge is 2.21. The van der Waals surface area contributed by atoms with Crippen LogP contribution in [-0.4, -0.2) is 31.4 Å². The molecular weight excluding hydrogens is 475 g/mol. The van der Waals surface area contributed by atoms with Crippen LogP contribution in [0, 0.1) is 24.4 Å². The van der Waals surface area contributed by atoms with E-state index in [1.54, 1.807) is 0 Å². The maximum Gasteiger partial charge on any atom is 0.234 e. The van der Waals surface area contributed by atoms with E-state index < -0.39 is 29.0 Å². The predicted molar refractivity (Wildman–Crippen MR) is 129 cm³/mol. The molecule has 0 saturated carbocycles. The molecule has 0 aliphatic carbocycles. The molecule has 0 spiro atoms. The van der Waals surface area contributed by atoms with Gasteiger partial charge in [0.2, 0.25) is 5.91 Å². The number of aryl methyl sites for hydroxylation is 1. The van der Waals surface area contributed by atoms with E-state index in [0.717, 1.165) is 51.6 Å². The lowest BCUT2D eigenvalue weighted by molar-refractivity contribution is -0.113. The monoisotopic (exact) mass is 493 g/mol. The number of rotatable bonds is 6. The molecule has 176 valence electrons. The first kappa shape index (κ1) is 22.7. The van der Waals surface area contributed by atoms with E-state index in [9.17, 15) is 18.0 Å². The number of aromatic amines is 1. The molecule has 2 aromatic heterocycles. The maximum atomic E-state index is 13.9. The first-order valence-corrected chi connectivity index (χ1v) is 11.6. The fourth-order valence-corrected chi connectivity index (χ4v) is 4.48. The van der Waals surface area contributed by atoms with E-state index in [2.05, 4.69) is 20.5 Å².